The van der Waals surface area contributed by atoms with Gasteiger partial charge in [0.15, 0.2) is 0 Å². The number of carbonyl (C=O) groups is 1. The van der Waals surface area contributed by atoms with Gasteiger partial charge in [-0.05, 0) is 46.3 Å². The van der Waals surface area contributed by atoms with E-state index in [9.17, 15) is 4.79 Å². The van der Waals surface area contributed by atoms with Crippen molar-refractivity contribution in [2.45, 2.75) is 5.03 Å². The number of halogens is 1. The van der Waals surface area contributed by atoms with Crippen LogP contribution in [0, 0.1) is 0 Å². The maximum absolute atomic E-state index is 11.8. The highest BCUT2D eigenvalue weighted by Crippen LogP contribution is 2.24. The van der Waals surface area contributed by atoms with Crippen molar-refractivity contribution < 1.29 is 4.79 Å². The molecule has 98 valence electrons. The van der Waals surface area contributed by atoms with Gasteiger partial charge in [0.1, 0.15) is 5.03 Å². The molecule has 2 rings (SSSR count). The second kappa shape index (κ2) is 6.58. The van der Waals surface area contributed by atoms with Crippen molar-refractivity contribution in [3.05, 3.63) is 47.1 Å². The van der Waals surface area contributed by atoms with Gasteiger partial charge in [-0.25, -0.2) is 4.98 Å². The van der Waals surface area contributed by atoms with E-state index in [0.29, 0.717) is 17.1 Å². The Bertz CT molecular complexity index is 592. The fourth-order valence-electron chi connectivity index (χ4n) is 1.42. The van der Waals surface area contributed by atoms with Gasteiger partial charge in [0.2, 0.25) is 5.91 Å². The number of hydrogen-bond donors (Lipinski definition) is 2. The second-order valence-corrected chi connectivity index (χ2v) is 5.57. The molecule has 0 radical (unpaired) electrons. The fraction of sp³-hybridized carbons (Fsp3) is 0.0769. The molecule has 1 heterocycles. The molecule has 0 aliphatic carbocycles. The molecule has 0 bridgehead atoms. The number of nitrogens with two attached hydrogens (primary N) is 1. The first-order valence-corrected chi connectivity index (χ1v) is 7.32. The minimum atomic E-state index is -0.0897. The smallest absolute Gasteiger partial charge is 0.234 e. The SMILES string of the molecule is Nc1cccc(NC(=O)CSc2ncccc2Br)c1. The van der Waals surface area contributed by atoms with Gasteiger partial charge in [-0.2, -0.15) is 0 Å². The van der Waals surface area contributed by atoms with Crippen LogP contribution in [0.4, 0.5) is 11.4 Å². The Kier molecular flexibility index (Phi) is 4.81. The molecule has 19 heavy (non-hydrogen) atoms. The molecule has 3 N–H and O–H groups in total. The molecule has 2 aromatic rings. The number of nitrogen functional groups attached to an aromatic ring is 1. The normalized spacial score (nSPS) is 10.2. The molecule has 0 saturated carbocycles. The molecule has 0 unspecified atom stereocenters. The maximum atomic E-state index is 11.8. The van der Waals surface area contributed by atoms with E-state index in [-0.39, 0.29) is 5.91 Å². The van der Waals surface area contributed by atoms with E-state index in [1.165, 1.54) is 11.8 Å². The predicted octanol–water partition coefficient (Wildman–Crippen LogP) is 3.16. The van der Waals surface area contributed by atoms with Crippen LogP contribution in [-0.2, 0) is 4.79 Å². The molecule has 0 aliphatic rings. The summed E-state index contributed by atoms with van der Waals surface area (Å²) in [6.07, 6.45) is 1.70. The zero-order valence-electron chi connectivity index (χ0n) is 9.97. The predicted molar refractivity (Wildman–Crippen MR) is 82.1 cm³/mol. The standard InChI is InChI=1S/C13H12BrN3OS/c14-11-5-2-6-16-13(11)19-8-12(18)17-10-4-1-3-9(15)7-10/h1-7H,8,15H2,(H,17,18). The molecular weight excluding hydrogens is 326 g/mol. The van der Waals surface area contributed by atoms with Crippen LogP contribution in [0.1, 0.15) is 0 Å². The van der Waals surface area contributed by atoms with Crippen molar-refractivity contribution >= 4 is 45.0 Å². The summed E-state index contributed by atoms with van der Waals surface area (Å²) in [5.74, 6) is 0.206. The minimum absolute atomic E-state index is 0.0897. The van der Waals surface area contributed by atoms with Gasteiger partial charge in [-0.3, -0.25) is 4.79 Å². The number of thioether (sulfide) groups is 1. The minimum Gasteiger partial charge on any atom is -0.399 e. The highest BCUT2D eigenvalue weighted by Gasteiger charge is 2.06. The number of nitrogens with one attached hydrogen (secondary N) is 1. The van der Waals surface area contributed by atoms with Crippen LogP contribution in [0.3, 0.4) is 0 Å². The van der Waals surface area contributed by atoms with Crippen molar-refractivity contribution in [3.8, 4) is 0 Å². The molecule has 0 saturated heterocycles. The fourth-order valence-corrected chi connectivity index (χ4v) is 2.70. The lowest BCUT2D eigenvalue weighted by atomic mass is 10.3. The Morgan fingerprint density at radius 1 is 1.37 bits per heavy atom. The molecule has 6 heteroatoms. The summed E-state index contributed by atoms with van der Waals surface area (Å²) in [6, 6.07) is 10.8. The third-order valence-corrected chi connectivity index (χ3v) is 4.14. The lowest BCUT2D eigenvalue weighted by Gasteiger charge is -2.06. The summed E-state index contributed by atoms with van der Waals surface area (Å²) < 4.78 is 0.886. The first-order valence-electron chi connectivity index (χ1n) is 5.54. The molecular formula is C13H12BrN3OS. The molecule has 1 aromatic heterocycles. The lowest BCUT2D eigenvalue weighted by Crippen LogP contribution is -2.14. The summed E-state index contributed by atoms with van der Waals surface area (Å²) in [5, 5.41) is 3.59. The maximum Gasteiger partial charge on any atom is 0.234 e. The van der Waals surface area contributed by atoms with Crippen molar-refractivity contribution in [3.63, 3.8) is 0 Å². The van der Waals surface area contributed by atoms with Crippen LogP contribution in [0.15, 0.2) is 52.1 Å². The van der Waals surface area contributed by atoms with Crippen molar-refractivity contribution in [1.29, 1.82) is 0 Å². The summed E-state index contributed by atoms with van der Waals surface area (Å²) in [7, 11) is 0. The number of pyridine rings is 1. The van der Waals surface area contributed by atoms with E-state index in [1.54, 1.807) is 30.5 Å². The first kappa shape index (κ1) is 13.9. The van der Waals surface area contributed by atoms with E-state index in [4.69, 9.17) is 5.73 Å². The lowest BCUT2D eigenvalue weighted by molar-refractivity contribution is -0.113. The highest BCUT2D eigenvalue weighted by molar-refractivity contribution is 9.10. The Labute approximate surface area is 123 Å². The van der Waals surface area contributed by atoms with E-state index in [2.05, 4.69) is 26.2 Å². The van der Waals surface area contributed by atoms with E-state index in [1.807, 2.05) is 12.1 Å². The number of benzene rings is 1. The van der Waals surface area contributed by atoms with Gasteiger partial charge >= 0.3 is 0 Å². The van der Waals surface area contributed by atoms with Gasteiger partial charge in [0.05, 0.1) is 5.75 Å². The number of aromatic nitrogens is 1. The summed E-state index contributed by atoms with van der Waals surface area (Å²) in [4.78, 5) is 16.0. The average Bonchev–Trinajstić information content (AvgIpc) is 2.38. The number of nitrogens with zero attached hydrogens (tertiary/aromatic N) is 1. The Morgan fingerprint density at radius 2 is 2.21 bits per heavy atom. The molecule has 4 nitrogen and oxygen atoms in total. The van der Waals surface area contributed by atoms with E-state index in [0.717, 1.165) is 9.50 Å². The van der Waals surface area contributed by atoms with Gasteiger partial charge in [-0.15, -0.1) is 0 Å². The third-order valence-electron chi connectivity index (χ3n) is 2.24. The Morgan fingerprint density at radius 3 is 2.95 bits per heavy atom. The van der Waals surface area contributed by atoms with Gasteiger partial charge in [-0.1, -0.05) is 17.8 Å². The number of anilines is 2. The molecule has 0 atom stereocenters. The topological polar surface area (TPSA) is 68.0 Å². The average molecular weight is 338 g/mol. The third kappa shape index (κ3) is 4.25. The molecule has 1 amide bonds. The number of amides is 1. The highest BCUT2D eigenvalue weighted by atomic mass is 79.9. The van der Waals surface area contributed by atoms with Crippen molar-refractivity contribution in [1.82, 2.24) is 4.98 Å². The zero-order chi connectivity index (χ0) is 13.7. The van der Waals surface area contributed by atoms with Gasteiger partial charge in [0, 0.05) is 22.0 Å². The van der Waals surface area contributed by atoms with Crippen LogP contribution in [-0.4, -0.2) is 16.6 Å². The van der Waals surface area contributed by atoms with Crippen LogP contribution in [0.2, 0.25) is 0 Å². The van der Waals surface area contributed by atoms with Crippen LogP contribution < -0.4 is 11.1 Å². The largest absolute Gasteiger partial charge is 0.399 e. The van der Waals surface area contributed by atoms with Crippen LogP contribution in [0.5, 0.6) is 0 Å². The summed E-state index contributed by atoms with van der Waals surface area (Å²) in [6.45, 7) is 0. The van der Waals surface area contributed by atoms with Gasteiger partial charge in [0.25, 0.3) is 0 Å². The van der Waals surface area contributed by atoms with E-state index < -0.39 is 0 Å². The number of rotatable bonds is 4. The summed E-state index contributed by atoms with van der Waals surface area (Å²) in [5.41, 5.74) is 6.97. The number of hydrogen-bond acceptors (Lipinski definition) is 4. The number of carbonyl (C=O) groups excluding carboxylic acids is 1. The molecule has 0 aliphatic heterocycles. The zero-order valence-corrected chi connectivity index (χ0v) is 12.4. The first-order chi connectivity index (χ1) is 9.15. The molecule has 0 spiro atoms. The molecule has 0 fully saturated rings. The van der Waals surface area contributed by atoms with Crippen LogP contribution >= 0.6 is 27.7 Å². The van der Waals surface area contributed by atoms with E-state index >= 15 is 0 Å². The summed E-state index contributed by atoms with van der Waals surface area (Å²) >= 11 is 4.77. The second-order valence-electron chi connectivity index (χ2n) is 3.75. The van der Waals surface area contributed by atoms with Gasteiger partial charge < -0.3 is 11.1 Å². The quantitative estimate of drug-likeness (QED) is 0.664. The molecule has 1 aromatic carbocycles. The monoisotopic (exact) mass is 337 g/mol. The van der Waals surface area contributed by atoms with Crippen molar-refractivity contribution in [2.24, 2.45) is 0 Å². The van der Waals surface area contributed by atoms with Crippen LogP contribution in [0.25, 0.3) is 0 Å². The Balaban J connectivity index is 1.90. The Hall–Kier alpha value is -1.53. The van der Waals surface area contributed by atoms with Crippen molar-refractivity contribution in [2.75, 3.05) is 16.8 Å².